The third-order valence-electron chi connectivity index (χ3n) is 2.49. The summed E-state index contributed by atoms with van der Waals surface area (Å²) in [6, 6.07) is 5.20. The Balaban J connectivity index is 2.26. The van der Waals surface area contributed by atoms with E-state index in [9.17, 15) is 4.79 Å². The second kappa shape index (κ2) is 4.70. The number of halogens is 1. The van der Waals surface area contributed by atoms with Gasteiger partial charge in [0.1, 0.15) is 0 Å². The van der Waals surface area contributed by atoms with Crippen molar-refractivity contribution in [1.29, 1.82) is 0 Å². The Morgan fingerprint density at radius 3 is 2.88 bits per heavy atom. The van der Waals surface area contributed by atoms with Gasteiger partial charge in [-0.25, -0.2) is 0 Å². The van der Waals surface area contributed by atoms with Gasteiger partial charge in [0.05, 0.1) is 12.9 Å². The molecule has 2 N–H and O–H groups in total. The quantitative estimate of drug-likeness (QED) is 0.670. The molecule has 4 heteroatoms. The number of ketones is 1. The van der Waals surface area contributed by atoms with Gasteiger partial charge >= 0.3 is 0 Å². The van der Waals surface area contributed by atoms with Crippen LogP contribution in [0.1, 0.15) is 23.2 Å². The van der Waals surface area contributed by atoms with Crippen LogP contribution >= 0.6 is 15.9 Å². The Hall–Kier alpha value is -1.29. The second-order valence-corrected chi connectivity index (χ2v) is 4.54. The van der Waals surface area contributed by atoms with Gasteiger partial charge in [0.15, 0.2) is 5.78 Å². The number of anilines is 1. The zero-order chi connectivity index (χ0) is 11.5. The standard InChI is InChI=1S/C12H12BrNO2/c13-10-6-8(3-4-11(10)14)12(15)9-2-1-5-16-7-9/h3-4,6-7H,1-2,5,14H2. The summed E-state index contributed by atoms with van der Waals surface area (Å²) in [5, 5.41) is 0. The molecule has 1 aromatic rings. The maximum atomic E-state index is 12.1. The van der Waals surface area contributed by atoms with E-state index in [1.807, 2.05) is 0 Å². The highest BCUT2D eigenvalue weighted by Crippen LogP contribution is 2.24. The summed E-state index contributed by atoms with van der Waals surface area (Å²) in [5.74, 6) is 0.0143. The lowest BCUT2D eigenvalue weighted by Gasteiger charge is -2.12. The average molecular weight is 282 g/mol. The van der Waals surface area contributed by atoms with Gasteiger partial charge in [0.2, 0.25) is 0 Å². The van der Waals surface area contributed by atoms with Crippen LogP contribution in [0.4, 0.5) is 5.69 Å². The molecule has 0 spiro atoms. The summed E-state index contributed by atoms with van der Waals surface area (Å²) in [4.78, 5) is 12.1. The van der Waals surface area contributed by atoms with Crippen molar-refractivity contribution in [1.82, 2.24) is 0 Å². The van der Waals surface area contributed by atoms with Crippen molar-refractivity contribution in [2.75, 3.05) is 12.3 Å². The highest BCUT2D eigenvalue weighted by molar-refractivity contribution is 9.10. The summed E-state index contributed by atoms with van der Waals surface area (Å²) >= 11 is 3.31. The molecule has 0 atom stereocenters. The van der Waals surface area contributed by atoms with E-state index in [-0.39, 0.29) is 5.78 Å². The van der Waals surface area contributed by atoms with Crippen LogP contribution in [0.25, 0.3) is 0 Å². The van der Waals surface area contributed by atoms with Gasteiger partial charge in [-0.05, 0) is 47.0 Å². The Labute approximate surface area is 102 Å². The number of benzene rings is 1. The zero-order valence-electron chi connectivity index (χ0n) is 8.70. The first-order chi connectivity index (χ1) is 7.68. The maximum absolute atomic E-state index is 12.1. The van der Waals surface area contributed by atoms with Crippen molar-refractivity contribution in [2.24, 2.45) is 0 Å². The second-order valence-electron chi connectivity index (χ2n) is 3.68. The van der Waals surface area contributed by atoms with Gasteiger partial charge in [0, 0.05) is 21.3 Å². The van der Waals surface area contributed by atoms with Crippen LogP contribution < -0.4 is 5.73 Å². The van der Waals surface area contributed by atoms with E-state index in [1.165, 1.54) is 0 Å². The molecule has 1 heterocycles. The van der Waals surface area contributed by atoms with E-state index in [0.717, 1.165) is 22.9 Å². The van der Waals surface area contributed by atoms with Crippen molar-refractivity contribution < 1.29 is 9.53 Å². The molecule has 0 bridgehead atoms. The number of carbonyl (C=O) groups is 1. The molecule has 1 aromatic carbocycles. The Morgan fingerprint density at radius 2 is 2.25 bits per heavy atom. The molecule has 0 fully saturated rings. The molecule has 0 amide bonds. The number of hydrogen-bond donors (Lipinski definition) is 1. The SMILES string of the molecule is Nc1ccc(C(=O)C2=COCCC2)cc1Br. The molecule has 0 aliphatic carbocycles. The normalized spacial score (nSPS) is 15.2. The molecular formula is C12H12BrNO2. The summed E-state index contributed by atoms with van der Waals surface area (Å²) < 4.78 is 5.91. The average Bonchev–Trinajstić information content (AvgIpc) is 2.33. The molecule has 16 heavy (non-hydrogen) atoms. The first-order valence-corrected chi connectivity index (χ1v) is 5.88. The van der Waals surface area contributed by atoms with E-state index in [4.69, 9.17) is 10.5 Å². The lowest BCUT2D eigenvalue weighted by Crippen LogP contribution is -2.09. The molecule has 0 aromatic heterocycles. The third-order valence-corrected chi connectivity index (χ3v) is 3.17. The van der Waals surface area contributed by atoms with Gasteiger partial charge in [0.25, 0.3) is 0 Å². The minimum absolute atomic E-state index is 0.0143. The fourth-order valence-corrected chi connectivity index (χ4v) is 1.96. The Morgan fingerprint density at radius 1 is 1.44 bits per heavy atom. The summed E-state index contributed by atoms with van der Waals surface area (Å²) in [5.41, 5.74) is 7.66. The molecular weight excluding hydrogens is 270 g/mol. The van der Waals surface area contributed by atoms with Crippen LogP contribution in [0.2, 0.25) is 0 Å². The van der Waals surface area contributed by atoms with Crippen LogP contribution in [-0.2, 0) is 4.74 Å². The van der Waals surface area contributed by atoms with Gasteiger partial charge in [-0.3, -0.25) is 4.79 Å². The van der Waals surface area contributed by atoms with Crippen LogP contribution in [0, 0.1) is 0 Å². The van der Waals surface area contributed by atoms with Crippen molar-refractivity contribution in [3.63, 3.8) is 0 Å². The predicted octanol–water partition coefficient (Wildman–Crippen LogP) is 2.91. The van der Waals surface area contributed by atoms with Crippen molar-refractivity contribution >= 4 is 27.4 Å². The Bertz CT molecular complexity index is 454. The molecule has 0 saturated heterocycles. The fourth-order valence-electron chi connectivity index (χ4n) is 1.59. The summed E-state index contributed by atoms with van der Waals surface area (Å²) in [6.07, 6.45) is 3.24. The zero-order valence-corrected chi connectivity index (χ0v) is 10.3. The smallest absolute Gasteiger partial charge is 0.192 e. The summed E-state index contributed by atoms with van der Waals surface area (Å²) in [7, 11) is 0. The van der Waals surface area contributed by atoms with E-state index in [1.54, 1.807) is 24.5 Å². The molecule has 0 unspecified atom stereocenters. The predicted molar refractivity (Wildman–Crippen MR) is 66.2 cm³/mol. The first-order valence-electron chi connectivity index (χ1n) is 5.09. The molecule has 2 rings (SSSR count). The molecule has 0 radical (unpaired) electrons. The number of carbonyl (C=O) groups excluding carboxylic acids is 1. The number of rotatable bonds is 2. The lowest BCUT2D eigenvalue weighted by atomic mass is 10.00. The van der Waals surface area contributed by atoms with E-state index in [0.29, 0.717) is 17.9 Å². The highest BCUT2D eigenvalue weighted by Gasteiger charge is 2.15. The van der Waals surface area contributed by atoms with E-state index in [2.05, 4.69) is 15.9 Å². The van der Waals surface area contributed by atoms with E-state index >= 15 is 0 Å². The number of hydrogen-bond acceptors (Lipinski definition) is 3. The van der Waals surface area contributed by atoms with E-state index < -0.39 is 0 Å². The molecule has 84 valence electrons. The minimum Gasteiger partial charge on any atom is -0.501 e. The number of nitrogens with two attached hydrogens (primary N) is 1. The summed E-state index contributed by atoms with van der Waals surface area (Å²) in [6.45, 7) is 0.697. The first kappa shape index (κ1) is 11.2. The van der Waals surface area contributed by atoms with Crippen molar-refractivity contribution in [3.05, 3.63) is 40.1 Å². The number of nitrogen functional groups attached to an aromatic ring is 1. The van der Waals surface area contributed by atoms with Gasteiger partial charge < -0.3 is 10.5 Å². The number of allylic oxidation sites excluding steroid dienone is 1. The van der Waals surface area contributed by atoms with Crippen LogP contribution in [0.15, 0.2) is 34.5 Å². The van der Waals surface area contributed by atoms with Gasteiger partial charge in [-0.1, -0.05) is 0 Å². The monoisotopic (exact) mass is 281 g/mol. The number of Topliss-reactive ketones (excluding diaryl/α,β-unsaturated/α-hetero) is 1. The fraction of sp³-hybridized carbons (Fsp3) is 0.250. The number of ether oxygens (including phenoxy) is 1. The largest absolute Gasteiger partial charge is 0.501 e. The third kappa shape index (κ3) is 2.27. The molecule has 3 nitrogen and oxygen atoms in total. The van der Waals surface area contributed by atoms with Gasteiger partial charge in [-0.2, -0.15) is 0 Å². The van der Waals surface area contributed by atoms with Crippen molar-refractivity contribution in [2.45, 2.75) is 12.8 Å². The molecule has 0 saturated carbocycles. The van der Waals surface area contributed by atoms with Crippen molar-refractivity contribution in [3.8, 4) is 0 Å². The topological polar surface area (TPSA) is 52.3 Å². The van der Waals surface area contributed by atoms with Gasteiger partial charge in [-0.15, -0.1) is 0 Å². The van der Waals surface area contributed by atoms with Crippen LogP contribution in [0.5, 0.6) is 0 Å². The lowest BCUT2D eigenvalue weighted by molar-refractivity contribution is 0.101. The molecule has 1 aliphatic rings. The maximum Gasteiger partial charge on any atom is 0.192 e. The minimum atomic E-state index is 0.0143. The van der Waals surface area contributed by atoms with Crippen LogP contribution in [0.3, 0.4) is 0 Å². The Kier molecular flexibility index (Phi) is 3.29. The van der Waals surface area contributed by atoms with Crippen LogP contribution in [-0.4, -0.2) is 12.4 Å². The highest BCUT2D eigenvalue weighted by atomic mass is 79.9. The molecule has 1 aliphatic heterocycles.